The summed E-state index contributed by atoms with van der Waals surface area (Å²) in [5, 5.41) is 3.80. The van der Waals surface area contributed by atoms with Crippen molar-refractivity contribution in [3.8, 4) is 0 Å². The molecule has 4 unspecified atom stereocenters. The van der Waals surface area contributed by atoms with E-state index in [4.69, 9.17) is 0 Å². The Labute approximate surface area is 114 Å². The van der Waals surface area contributed by atoms with Crippen molar-refractivity contribution in [2.24, 2.45) is 17.8 Å². The standard InChI is InChI=1S/C16H32N2/c1-13-8-10-18(12-15(13)3)11-9-17-16-7-5-4-6-14(16)2/h13-17H,4-12H2,1-3H3. The summed E-state index contributed by atoms with van der Waals surface area (Å²) in [5.74, 6) is 2.69. The maximum Gasteiger partial charge on any atom is 0.0107 e. The van der Waals surface area contributed by atoms with Crippen molar-refractivity contribution >= 4 is 0 Å². The maximum atomic E-state index is 3.80. The Kier molecular flexibility index (Phi) is 5.50. The van der Waals surface area contributed by atoms with Gasteiger partial charge in [0.2, 0.25) is 0 Å². The van der Waals surface area contributed by atoms with Crippen LogP contribution in [0.25, 0.3) is 0 Å². The lowest BCUT2D eigenvalue weighted by Gasteiger charge is -2.36. The van der Waals surface area contributed by atoms with E-state index in [1.54, 1.807) is 0 Å². The van der Waals surface area contributed by atoms with Crippen LogP contribution in [0.5, 0.6) is 0 Å². The zero-order chi connectivity index (χ0) is 13.0. The van der Waals surface area contributed by atoms with E-state index in [0.29, 0.717) is 0 Å². The monoisotopic (exact) mass is 252 g/mol. The molecule has 0 radical (unpaired) electrons. The van der Waals surface area contributed by atoms with E-state index in [1.165, 1.54) is 58.3 Å². The fourth-order valence-electron chi connectivity index (χ4n) is 3.58. The summed E-state index contributed by atoms with van der Waals surface area (Å²) in [6.07, 6.45) is 7.09. The van der Waals surface area contributed by atoms with Gasteiger partial charge in [-0.3, -0.25) is 0 Å². The van der Waals surface area contributed by atoms with Crippen molar-refractivity contribution in [2.45, 2.75) is 58.9 Å². The number of hydrogen-bond acceptors (Lipinski definition) is 2. The van der Waals surface area contributed by atoms with Crippen molar-refractivity contribution in [1.82, 2.24) is 10.2 Å². The summed E-state index contributed by atoms with van der Waals surface area (Å²) in [6, 6.07) is 0.792. The molecule has 0 amide bonds. The summed E-state index contributed by atoms with van der Waals surface area (Å²) in [7, 11) is 0. The van der Waals surface area contributed by atoms with Crippen LogP contribution in [0, 0.1) is 17.8 Å². The van der Waals surface area contributed by atoms with Crippen LogP contribution >= 0.6 is 0 Å². The average Bonchev–Trinajstić information content (AvgIpc) is 2.36. The molecule has 1 N–H and O–H groups in total. The fourth-order valence-corrected chi connectivity index (χ4v) is 3.58. The van der Waals surface area contributed by atoms with E-state index in [0.717, 1.165) is 23.8 Å². The van der Waals surface area contributed by atoms with Gasteiger partial charge in [-0.25, -0.2) is 0 Å². The number of nitrogens with one attached hydrogen (secondary N) is 1. The molecule has 2 fully saturated rings. The van der Waals surface area contributed by atoms with E-state index < -0.39 is 0 Å². The smallest absolute Gasteiger partial charge is 0.0107 e. The van der Waals surface area contributed by atoms with E-state index in [2.05, 4.69) is 31.0 Å². The highest BCUT2D eigenvalue weighted by molar-refractivity contribution is 4.80. The molecule has 2 heteroatoms. The Balaban J connectivity index is 1.63. The molecule has 0 aromatic carbocycles. The third-order valence-corrected chi connectivity index (χ3v) is 5.36. The Bertz CT molecular complexity index is 241. The van der Waals surface area contributed by atoms with E-state index in [1.807, 2.05) is 0 Å². The molecule has 0 aromatic rings. The van der Waals surface area contributed by atoms with Crippen molar-refractivity contribution in [2.75, 3.05) is 26.2 Å². The molecule has 106 valence electrons. The summed E-state index contributed by atoms with van der Waals surface area (Å²) in [6.45, 7) is 12.3. The third kappa shape index (κ3) is 3.96. The van der Waals surface area contributed by atoms with Crippen LogP contribution in [-0.2, 0) is 0 Å². The van der Waals surface area contributed by atoms with Gasteiger partial charge in [-0.15, -0.1) is 0 Å². The van der Waals surface area contributed by atoms with Gasteiger partial charge >= 0.3 is 0 Å². The van der Waals surface area contributed by atoms with Crippen LogP contribution < -0.4 is 5.32 Å². The highest BCUT2D eigenvalue weighted by Gasteiger charge is 2.23. The molecular weight excluding hydrogens is 220 g/mol. The Hall–Kier alpha value is -0.0800. The van der Waals surface area contributed by atoms with E-state index in [9.17, 15) is 0 Å². The number of likely N-dealkylation sites (tertiary alicyclic amines) is 1. The highest BCUT2D eigenvalue weighted by atomic mass is 15.1. The Morgan fingerprint density at radius 2 is 1.72 bits per heavy atom. The number of rotatable bonds is 4. The molecule has 1 saturated carbocycles. The van der Waals surface area contributed by atoms with Crippen molar-refractivity contribution in [1.29, 1.82) is 0 Å². The van der Waals surface area contributed by atoms with Crippen molar-refractivity contribution < 1.29 is 0 Å². The van der Waals surface area contributed by atoms with Crippen LogP contribution in [0.3, 0.4) is 0 Å². The molecule has 1 aliphatic carbocycles. The summed E-state index contributed by atoms with van der Waals surface area (Å²) in [4.78, 5) is 2.66. The maximum absolute atomic E-state index is 3.80. The van der Waals surface area contributed by atoms with Gasteiger partial charge in [-0.05, 0) is 43.6 Å². The SMILES string of the molecule is CC1CCN(CCNC2CCCCC2C)CC1C. The van der Waals surface area contributed by atoms with Gasteiger partial charge in [-0.1, -0.05) is 33.6 Å². The summed E-state index contributed by atoms with van der Waals surface area (Å²) >= 11 is 0. The third-order valence-electron chi connectivity index (χ3n) is 5.36. The van der Waals surface area contributed by atoms with Crippen LogP contribution in [0.1, 0.15) is 52.9 Å². The minimum Gasteiger partial charge on any atom is -0.312 e. The second-order valence-electron chi connectivity index (χ2n) is 6.87. The second kappa shape index (κ2) is 6.91. The summed E-state index contributed by atoms with van der Waals surface area (Å²) in [5.41, 5.74) is 0. The number of nitrogens with zero attached hydrogens (tertiary/aromatic N) is 1. The topological polar surface area (TPSA) is 15.3 Å². The molecular formula is C16H32N2. The van der Waals surface area contributed by atoms with Gasteiger partial charge in [-0.2, -0.15) is 0 Å². The molecule has 2 aliphatic rings. The quantitative estimate of drug-likeness (QED) is 0.827. The van der Waals surface area contributed by atoms with E-state index in [-0.39, 0.29) is 0 Å². The van der Waals surface area contributed by atoms with Crippen molar-refractivity contribution in [3.05, 3.63) is 0 Å². The fraction of sp³-hybridized carbons (Fsp3) is 1.00. The van der Waals surface area contributed by atoms with Crippen molar-refractivity contribution in [3.63, 3.8) is 0 Å². The number of piperidine rings is 1. The zero-order valence-corrected chi connectivity index (χ0v) is 12.6. The highest BCUT2D eigenvalue weighted by Crippen LogP contribution is 2.24. The first-order chi connectivity index (χ1) is 8.66. The molecule has 2 rings (SSSR count). The molecule has 1 aliphatic heterocycles. The molecule has 1 saturated heterocycles. The van der Waals surface area contributed by atoms with Gasteiger partial charge in [0.05, 0.1) is 0 Å². The second-order valence-corrected chi connectivity index (χ2v) is 6.87. The molecule has 0 bridgehead atoms. The minimum absolute atomic E-state index is 0.792. The lowest BCUT2D eigenvalue weighted by molar-refractivity contribution is 0.135. The minimum atomic E-state index is 0.792. The predicted molar refractivity (Wildman–Crippen MR) is 78.8 cm³/mol. The van der Waals surface area contributed by atoms with Gasteiger partial charge in [0.15, 0.2) is 0 Å². The lowest BCUT2D eigenvalue weighted by Crippen LogP contribution is -2.45. The van der Waals surface area contributed by atoms with Crippen LogP contribution in [0.4, 0.5) is 0 Å². The van der Waals surface area contributed by atoms with Crippen LogP contribution in [-0.4, -0.2) is 37.1 Å². The zero-order valence-electron chi connectivity index (χ0n) is 12.6. The van der Waals surface area contributed by atoms with Gasteiger partial charge in [0.25, 0.3) is 0 Å². The first-order valence-corrected chi connectivity index (χ1v) is 8.12. The first-order valence-electron chi connectivity index (χ1n) is 8.12. The average molecular weight is 252 g/mol. The first kappa shape index (κ1) is 14.3. The van der Waals surface area contributed by atoms with E-state index >= 15 is 0 Å². The molecule has 0 spiro atoms. The molecule has 0 aromatic heterocycles. The normalized spacial score (nSPS) is 38.8. The molecule has 18 heavy (non-hydrogen) atoms. The Morgan fingerprint density at radius 1 is 0.944 bits per heavy atom. The lowest BCUT2D eigenvalue weighted by atomic mass is 9.86. The number of hydrogen-bond donors (Lipinski definition) is 1. The predicted octanol–water partition coefficient (Wildman–Crippen LogP) is 3.13. The Morgan fingerprint density at radius 3 is 2.44 bits per heavy atom. The van der Waals surface area contributed by atoms with Crippen LogP contribution in [0.2, 0.25) is 0 Å². The molecule has 2 nitrogen and oxygen atoms in total. The van der Waals surface area contributed by atoms with Gasteiger partial charge in [0.1, 0.15) is 0 Å². The summed E-state index contributed by atoms with van der Waals surface area (Å²) < 4.78 is 0. The van der Waals surface area contributed by atoms with Gasteiger partial charge in [0, 0.05) is 25.7 Å². The molecule has 1 heterocycles. The molecule has 4 atom stereocenters. The largest absolute Gasteiger partial charge is 0.312 e. The van der Waals surface area contributed by atoms with Gasteiger partial charge < -0.3 is 10.2 Å². The van der Waals surface area contributed by atoms with Crippen LogP contribution in [0.15, 0.2) is 0 Å².